The Hall–Kier alpha value is -0.0500. The number of aryl methyl sites for hydroxylation is 1. The Morgan fingerprint density at radius 3 is 2.54 bits per heavy atom. The predicted molar refractivity (Wildman–Crippen MR) is 56.6 cm³/mol. The molecule has 0 fully saturated rings. The summed E-state index contributed by atoms with van der Waals surface area (Å²) in [7, 11) is 1.82. The first kappa shape index (κ1) is 9.50. The van der Waals surface area contributed by atoms with Crippen LogP contribution in [0, 0.1) is 0 Å². The van der Waals surface area contributed by atoms with E-state index in [1.165, 1.54) is 0 Å². The van der Waals surface area contributed by atoms with E-state index in [-0.39, 0.29) is 23.2 Å². The van der Waals surface area contributed by atoms with E-state index in [1.807, 2.05) is 34.1 Å². The zero-order chi connectivity index (χ0) is 9.42. The van der Waals surface area contributed by atoms with E-state index in [2.05, 4.69) is 18.6 Å². The molecule has 0 saturated heterocycles. The molecule has 1 heterocycles. The number of rotatable bonds is 1. The van der Waals surface area contributed by atoms with Gasteiger partial charge in [-0.2, -0.15) is 0 Å². The Kier molecular flexibility index (Phi) is 2.63. The van der Waals surface area contributed by atoms with Gasteiger partial charge in [0, 0.05) is 0 Å². The van der Waals surface area contributed by atoms with Crippen LogP contribution in [0.2, 0.25) is 0 Å². The molecule has 0 N–H and O–H groups in total. The molecule has 0 radical (unpaired) electrons. The van der Waals surface area contributed by atoms with E-state index in [4.69, 9.17) is 0 Å². The van der Waals surface area contributed by atoms with Gasteiger partial charge in [0.2, 0.25) is 0 Å². The summed E-state index contributed by atoms with van der Waals surface area (Å²) in [6.45, 7) is 0. The van der Waals surface area contributed by atoms with Gasteiger partial charge in [-0.25, -0.2) is 0 Å². The summed E-state index contributed by atoms with van der Waals surface area (Å²) in [5, 5.41) is 0. The third kappa shape index (κ3) is 1.41. The normalized spacial score (nSPS) is 11.2. The Morgan fingerprint density at radius 2 is 1.92 bits per heavy atom. The summed E-state index contributed by atoms with van der Waals surface area (Å²) in [5.74, 6) is 0. The molecule has 2 rings (SSSR count). The maximum atomic E-state index is 11.7. The van der Waals surface area contributed by atoms with E-state index < -0.39 is 0 Å². The van der Waals surface area contributed by atoms with Crippen molar-refractivity contribution in [2.24, 2.45) is 7.05 Å². The monoisotopic (exact) mass is 401 g/mol. The number of halogens is 2. The Balaban J connectivity index is 2.98. The molecule has 2 aromatic rings. The van der Waals surface area contributed by atoms with Crippen LogP contribution >= 0.6 is 18.6 Å². The summed E-state index contributed by atoms with van der Waals surface area (Å²) in [4.78, 5) is 11.7. The van der Waals surface area contributed by atoms with Gasteiger partial charge in [0.05, 0.1) is 0 Å². The first-order valence-corrected chi connectivity index (χ1v) is 10.9. The van der Waals surface area contributed by atoms with Crippen molar-refractivity contribution >= 4 is 29.6 Å². The Bertz CT molecular complexity index is 500. The fourth-order valence-electron chi connectivity index (χ4n) is 1.31. The number of hydrogen-bond acceptors (Lipinski definition) is 1. The Morgan fingerprint density at radius 1 is 1.31 bits per heavy atom. The second kappa shape index (κ2) is 3.60. The third-order valence-electron chi connectivity index (χ3n) is 1.97. The van der Waals surface area contributed by atoms with Crippen LogP contribution < -0.4 is 23.2 Å². The van der Waals surface area contributed by atoms with E-state index in [9.17, 15) is 4.79 Å². The average molecular weight is 401 g/mol. The summed E-state index contributed by atoms with van der Waals surface area (Å²) in [6, 6.07) is 7.89. The van der Waals surface area contributed by atoms with Crippen LogP contribution in [0.25, 0.3) is 11.0 Å². The van der Waals surface area contributed by atoms with Crippen LogP contribution in [0.5, 0.6) is 0 Å². The fourth-order valence-corrected chi connectivity index (χ4v) is 4.76. The minimum atomic E-state index is -0.240. The number of benzene rings is 1. The molecule has 0 saturated carbocycles. The molecule has 0 atom stereocenters. The van der Waals surface area contributed by atoms with Crippen LogP contribution in [0.15, 0.2) is 29.1 Å². The third-order valence-corrected chi connectivity index (χ3v) is 5.72. The predicted octanol–water partition coefficient (Wildman–Crippen LogP) is -1.46. The minimum absolute atomic E-state index is 0.100. The van der Waals surface area contributed by atoms with Crippen molar-refractivity contribution in [1.29, 1.82) is 0 Å². The van der Waals surface area contributed by atoms with Crippen molar-refractivity contribution < 1.29 is 17.5 Å². The molecule has 5 heteroatoms. The quantitative estimate of drug-likeness (QED) is 0.538. The van der Waals surface area contributed by atoms with Gasteiger partial charge >= 0.3 is 96.3 Å². The average Bonchev–Trinajstić information content (AvgIpc) is 2.41. The van der Waals surface area contributed by atoms with Crippen molar-refractivity contribution in [1.82, 2.24) is 7.35 Å². The molecular weight excluding hydrogens is 394 g/mol. The molecule has 0 aliphatic heterocycles. The SMILES string of the molecule is Cn1c(=O)n([I-]I)c2ccccc21. The number of para-hydroxylation sites is 2. The number of imidazole rings is 1. The van der Waals surface area contributed by atoms with Crippen LogP contribution in [0.4, 0.5) is 0 Å². The molecule has 1 aromatic heterocycles. The zero-order valence-corrected chi connectivity index (χ0v) is 11.2. The molecule has 13 heavy (non-hydrogen) atoms. The van der Waals surface area contributed by atoms with Gasteiger partial charge in [0.1, 0.15) is 0 Å². The van der Waals surface area contributed by atoms with Crippen LogP contribution in [-0.2, 0) is 7.05 Å². The molecule has 0 spiro atoms. The number of hydrogen-bond donors (Lipinski definition) is 0. The van der Waals surface area contributed by atoms with Gasteiger partial charge in [-0.05, 0) is 0 Å². The second-order valence-electron chi connectivity index (χ2n) is 2.68. The van der Waals surface area contributed by atoms with Gasteiger partial charge in [0.15, 0.2) is 0 Å². The van der Waals surface area contributed by atoms with Crippen LogP contribution in [0.3, 0.4) is 0 Å². The molecule has 0 bridgehead atoms. The molecule has 0 amide bonds. The first-order valence-electron chi connectivity index (χ1n) is 3.69. The van der Waals surface area contributed by atoms with Crippen molar-refractivity contribution in [3.8, 4) is 0 Å². The van der Waals surface area contributed by atoms with E-state index in [1.54, 1.807) is 4.57 Å². The Labute approximate surface area is 95.5 Å². The topological polar surface area (TPSA) is 26.9 Å². The summed E-state index contributed by atoms with van der Waals surface area (Å²) >= 11 is 2.06. The number of aromatic nitrogens is 2. The number of nitrogens with zero attached hydrogens (tertiary/aromatic N) is 2. The van der Waals surface area contributed by atoms with Crippen LogP contribution in [0.1, 0.15) is 0 Å². The molecule has 0 aliphatic carbocycles. The number of fused-ring (bicyclic) bond motifs is 1. The van der Waals surface area contributed by atoms with Crippen molar-refractivity contribution in [2.45, 2.75) is 0 Å². The standard InChI is InChI=1S/C8H7I2N2O/c1-11-6-4-2-3-5-7(6)12(10-9)8(11)13/h2-5H,1H3/q-1. The van der Waals surface area contributed by atoms with E-state index in [0.717, 1.165) is 11.0 Å². The second-order valence-corrected chi connectivity index (χ2v) is 6.45. The van der Waals surface area contributed by atoms with E-state index in [0.29, 0.717) is 0 Å². The zero-order valence-electron chi connectivity index (χ0n) is 6.87. The van der Waals surface area contributed by atoms with E-state index >= 15 is 0 Å². The van der Waals surface area contributed by atoms with Crippen LogP contribution in [-0.4, -0.2) is 7.35 Å². The van der Waals surface area contributed by atoms with Gasteiger partial charge in [-0.15, -0.1) is 0 Å². The molecule has 0 aliphatic rings. The van der Waals surface area contributed by atoms with Crippen molar-refractivity contribution in [3.05, 3.63) is 34.7 Å². The van der Waals surface area contributed by atoms with Crippen molar-refractivity contribution in [2.75, 3.05) is 0 Å². The molecule has 3 nitrogen and oxygen atoms in total. The van der Waals surface area contributed by atoms with Gasteiger partial charge < -0.3 is 0 Å². The summed E-state index contributed by atoms with van der Waals surface area (Å²) in [6.07, 6.45) is 0. The van der Waals surface area contributed by atoms with Gasteiger partial charge in [-0.1, -0.05) is 0 Å². The summed E-state index contributed by atoms with van der Waals surface area (Å²) < 4.78 is 3.57. The maximum absolute atomic E-state index is 11.7. The molecule has 1 aromatic carbocycles. The van der Waals surface area contributed by atoms with Gasteiger partial charge in [-0.3, -0.25) is 0 Å². The van der Waals surface area contributed by atoms with Gasteiger partial charge in [0.25, 0.3) is 0 Å². The summed E-state index contributed by atoms with van der Waals surface area (Å²) in [5.41, 5.74) is 2.17. The fraction of sp³-hybridized carbons (Fsp3) is 0.125. The first-order chi connectivity index (χ1) is 6.25. The molecule has 0 unspecified atom stereocenters. The van der Waals surface area contributed by atoms with Crippen molar-refractivity contribution in [3.63, 3.8) is 0 Å². The molecule has 70 valence electrons. The molecular formula is C8H7I2N2O-.